The smallest absolute Gasteiger partial charge is 0.332 e. The third-order valence-corrected chi connectivity index (χ3v) is 4.07. The molecule has 7 nitrogen and oxygen atoms in total. The number of H-pyrrole nitrogens is 1. The van der Waals surface area contributed by atoms with Crippen molar-refractivity contribution in [1.29, 1.82) is 0 Å². The molecule has 0 aliphatic heterocycles. The molecule has 1 aromatic carbocycles. The molecule has 0 saturated carbocycles. The number of hydrogen-bond donors (Lipinski definition) is 1. The van der Waals surface area contributed by atoms with Gasteiger partial charge in [0.25, 0.3) is 0 Å². The second-order valence-corrected chi connectivity index (χ2v) is 6.15. The summed E-state index contributed by atoms with van der Waals surface area (Å²) in [7, 11) is 1.61. The van der Waals surface area contributed by atoms with Gasteiger partial charge in [0, 0.05) is 23.8 Å². The Bertz CT molecular complexity index is 1160. The van der Waals surface area contributed by atoms with Gasteiger partial charge < -0.3 is 9.47 Å². The standard InChI is InChI=1S/C19H18N4O3/c1-11(2)26-16-7-9-21-18-17(16)23(19(24)22-18)12-4-5-14-13(10-12)15(25-3)6-8-20-14/h4-11H,1-3H3,(H,21,22,24). The van der Waals surface area contributed by atoms with Gasteiger partial charge in [-0.15, -0.1) is 0 Å². The first-order valence-electron chi connectivity index (χ1n) is 8.28. The highest BCUT2D eigenvalue weighted by Crippen LogP contribution is 2.29. The van der Waals surface area contributed by atoms with E-state index in [0.717, 1.165) is 10.9 Å². The monoisotopic (exact) mass is 350 g/mol. The van der Waals surface area contributed by atoms with E-state index in [-0.39, 0.29) is 11.8 Å². The van der Waals surface area contributed by atoms with Crippen LogP contribution in [-0.2, 0) is 0 Å². The number of nitrogens with zero attached hydrogens (tertiary/aromatic N) is 3. The van der Waals surface area contributed by atoms with Crippen LogP contribution >= 0.6 is 0 Å². The van der Waals surface area contributed by atoms with E-state index in [4.69, 9.17) is 9.47 Å². The Morgan fingerprint density at radius 1 is 1.08 bits per heavy atom. The van der Waals surface area contributed by atoms with Gasteiger partial charge in [-0.25, -0.2) is 9.78 Å². The molecule has 1 N–H and O–H groups in total. The van der Waals surface area contributed by atoms with Crippen LogP contribution in [0.4, 0.5) is 0 Å². The maximum absolute atomic E-state index is 12.6. The van der Waals surface area contributed by atoms with Gasteiger partial charge in [0.2, 0.25) is 0 Å². The number of fused-ring (bicyclic) bond motifs is 2. The van der Waals surface area contributed by atoms with Crippen molar-refractivity contribution >= 4 is 22.1 Å². The quantitative estimate of drug-likeness (QED) is 0.612. The molecule has 4 aromatic rings. The molecular formula is C19H18N4O3. The Labute approximate surface area is 149 Å². The second-order valence-electron chi connectivity index (χ2n) is 6.15. The highest BCUT2D eigenvalue weighted by Gasteiger charge is 2.16. The summed E-state index contributed by atoms with van der Waals surface area (Å²) in [4.78, 5) is 24.0. The van der Waals surface area contributed by atoms with Crippen LogP contribution < -0.4 is 15.2 Å². The van der Waals surface area contributed by atoms with Crippen molar-refractivity contribution in [3.63, 3.8) is 0 Å². The third kappa shape index (κ3) is 2.57. The summed E-state index contributed by atoms with van der Waals surface area (Å²) >= 11 is 0. The molecule has 0 spiro atoms. The molecule has 0 amide bonds. The van der Waals surface area contributed by atoms with Gasteiger partial charge in [-0.3, -0.25) is 14.5 Å². The Morgan fingerprint density at radius 3 is 2.62 bits per heavy atom. The lowest BCUT2D eigenvalue weighted by Crippen LogP contribution is -2.15. The van der Waals surface area contributed by atoms with Crippen LogP contribution in [0.1, 0.15) is 13.8 Å². The average molecular weight is 350 g/mol. The largest absolute Gasteiger partial charge is 0.496 e. The molecule has 0 aliphatic carbocycles. The number of aromatic nitrogens is 4. The number of benzene rings is 1. The van der Waals surface area contributed by atoms with Gasteiger partial charge in [-0.05, 0) is 38.1 Å². The number of hydrogen-bond acceptors (Lipinski definition) is 5. The minimum atomic E-state index is -0.283. The first kappa shape index (κ1) is 16.1. The fraction of sp³-hybridized carbons (Fsp3) is 0.211. The summed E-state index contributed by atoms with van der Waals surface area (Å²) in [5.74, 6) is 1.29. The highest BCUT2D eigenvalue weighted by molar-refractivity contribution is 5.88. The van der Waals surface area contributed by atoms with Gasteiger partial charge in [0.1, 0.15) is 17.0 Å². The van der Waals surface area contributed by atoms with Crippen LogP contribution in [0.2, 0.25) is 0 Å². The number of methoxy groups -OCH3 is 1. The van der Waals surface area contributed by atoms with E-state index in [1.54, 1.807) is 36.2 Å². The maximum Gasteiger partial charge on any atom is 0.332 e. The van der Waals surface area contributed by atoms with Crippen LogP contribution in [0, 0.1) is 0 Å². The van der Waals surface area contributed by atoms with Crippen molar-refractivity contribution in [3.8, 4) is 17.2 Å². The van der Waals surface area contributed by atoms with E-state index in [0.29, 0.717) is 28.4 Å². The molecule has 3 aromatic heterocycles. The Balaban J connectivity index is 2.01. The maximum atomic E-state index is 12.6. The number of rotatable bonds is 4. The van der Waals surface area contributed by atoms with Crippen molar-refractivity contribution in [2.45, 2.75) is 20.0 Å². The predicted octanol–water partition coefficient (Wildman–Crippen LogP) is 3.06. The lowest BCUT2D eigenvalue weighted by molar-refractivity contribution is 0.244. The summed E-state index contributed by atoms with van der Waals surface area (Å²) in [5.41, 5.74) is 2.27. The van der Waals surface area contributed by atoms with Gasteiger partial charge in [0.05, 0.1) is 24.4 Å². The third-order valence-electron chi connectivity index (χ3n) is 4.07. The van der Waals surface area contributed by atoms with Crippen molar-refractivity contribution in [3.05, 3.63) is 53.2 Å². The van der Waals surface area contributed by atoms with E-state index < -0.39 is 0 Å². The minimum Gasteiger partial charge on any atom is -0.496 e. The molecule has 0 atom stereocenters. The SMILES string of the molecule is COc1ccnc2ccc(-n3c(=O)[nH]c4nccc(OC(C)C)c43)cc12. The molecule has 7 heteroatoms. The fourth-order valence-electron chi connectivity index (χ4n) is 3.02. The molecule has 0 fully saturated rings. The summed E-state index contributed by atoms with van der Waals surface area (Å²) in [5, 5.41) is 0.823. The molecule has 26 heavy (non-hydrogen) atoms. The Morgan fingerprint density at radius 2 is 1.85 bits per heavy atom. The summed E-state index contributed by atoms with van der Waals surface area (Å²) in [6, 6.07) is 9.13. The topological polar surface area (TPSA) is 82.0 Å². The molecule has 132 valence electrons. The van der Waals surface area contributed by atoms with Crippen molar-refractivity contribution in [2.24, 2.45) is 0 Å². The molecule has 0 aliphatic rings. The number of ether oxygens (including phenoxy) is 2. The van der Waals surface area contributed by atoms with E-state index in [1.807, 2.05) is 32.0 Å². The first-order valence-corrected chi connectivity index (χ1v) is 8.28. The van der Waals surface area contributed by atoms with Crippen molar-refractivity contribution < 1.29 is 9.47 Å². The zero-order valence-corrected chi connectivity index (χ0v) is 14.7. The normalized spacial score (nSPS) is 11.4. The van der Waals surface area contributed by atoms with E-state index >= 15 is 0 Å². The number of pyridine rings is 2. The minimum absolute atomic E-state index is 0.0278. The van der Waals surface area contributed by atoms with Crippen molar-refractivity contribution in [2.75, 3.05) is 7.11 Å². The van der Waals surface area contributed by atoms with E-state index in [2.05, 4.69) is 15.0 Å². The average Bonchev–Trinajstić information content (AvgIpc) is 2.97. The molecule has 0 bridgehead atoms. The van der Waals surface area contributed by atoms with Crippen LogP contribution in [0.25, 0.3) is 27.8 Å². The summed E-state index contributed by atoms with van der Waals surface area (Å²) in [6.07, 6.45) is 3.28. The van der Waals surface area contributed by atoms with E-state index in [9.17, 15) is 4.79 Å². The van der Waals surface area contributed by atoms with Gasteiger partial charge >= 0.3 is 5.69 Å². The Hall–Kier alpha value is -3.35. The first-order chi connectivity index (χ1) is 12.6. The van der Waals surface area contributed by atoms with Crippen LogP contribution in [-0.4, -0.2) is 32.7 Å². The molecule has 0 unspecified atom stereocenters. The molecule has 0 radical (unpaired) electrons. The second kappa shape index (κ2) is 6.18. The lowest BCUT2D eigenvalue weighted by atomic mass is 10.2. The molecular weight excluding hydrogens is 332 g/mol. The summed E-state index contributed by atoms with van der Waals surface area (Å²) < 4.78 is 12.9. The highest BCUT2D eigenvalue weighted by atomic mass is 16.5. The van der Waals surface area contributed by atoms with Crippen LogP contribution in [0.15, 0.2) is 47.5 Å². The number of imidazole rings is 1. The van der Waals surface area contributed by atoms with E-state index in [1.165, 1.54) is 0 Å². The van der Waals surface area contributed by atoms with Gasteiger partial charge in [-0.1, -0.05) is 0 Å². The van der Waals surface area contributed by atoms with Crippen LogP contribution in [0.5, 0.6) is 11.5 Å². The van der Waals surface area contributed by atoms with Crippen LogP contribution in [0.3, 0.4) is 0 Å². The molecule has 0 saturated heterocycles. The molecule has 4 rings (SSSR count). The fourth-order valence-corrected chi connectivity index (χ4v) is 3.02. The Kier molecular flexibility index (Phi) is 3.84. The number of nitrogens with one attached hydrogen (secondary N) is 1. The number of aromatic amines is 1. The zero-order chi connectivity index (χ0) is 18.3. The molecule has 3 heterocycles. The summed E-state index contributed by atoms with van der Waals surface area (Å²) in [6.45, 7) is 3.88. The van der Waals surface area contributed by atoms with Gasteiger partial charge in [-0.2, -0.15) is 0 Å². The predicted molar refractivity (Wildman–Crippen MR) is 99.3 cm³/mol. The zero-order valence-electron chi connectivity index (χ0n) is 14.7. The van der Waals surface area contributed by atoms with Crippen molar-refractivity contribution in [1.82, 2.24) is 19.5 Å². The van der Waals surface area contributed by atoms with Gasteiger partial charge in [0.15, 0.2) is 5.65 Å². The lowest BCUT2D eigenvalue weighted by Gasteiger charge is -2.13.